The van der Waals surface area contributed by atoms with Crippen LogP contribution in [-0.2, 0) is 6.42 Å². The Morgan fingerprint density at radius 2 is 2.22 bits per heavy atom. The van der Waals surface area contributed by atoms with E-state index in [4.69, 9.17) is 5.26 Å². The van der Waals surface area contributed by atoms with E-state index in [0.29, 0.717) is 5.56 Å². The first-order valence-corrected chi connectivity index (χ1v) is 6.75. The second-order valence-corrected chi connectivity index (χ2v) is 4.83. The highest BCUT2D eigenvalue weighted by Crippen LogP contribution is 2.09. The van der Waals surface area contributed by atoms with Crippen LogP contribution >= 0.6 is 11.3 Å². The van der Waals surface area contributed by atoms with Crippen LogP contribution in [0.4, 0.5) is 5.82 Å². The van der Waals surface area contributed by atoms with E-state index in [2.05, 4.69) is 21.4 Å². The standard InChI is InChI=1S/C13H14N4S/c14-9-11-4-5-12(17-10-11)15-6-2-1-3-13-16-7-8-18-13/h4-5,7-8,10H,1-3,6H2,(H,15,17). The number of nitrogens with one attached hydrogen (secondary N) is 1. The number of nitrogens with zero attached hydrogens (tertiary/aromatic N) is 3. The number of hydrogen-bond donors (Lipinski definition) is 1. The minimum absolute atomic E-state index is 0.587. The number of pyridine rings is 1. The largest absolute Gasteiger partial charge is 0.370 e. The molecule has 0 unspecified atom stereocenters. The third-order valence-electron chi connectivity index (χ3n) is 2.50. The molecule has 0 saturated heterocycles. The summed E-state index contributed by atoms with van der Waals surface area (Å²) in [6.07, 6.45) is 6.68. The molecule has 1 N–H and O–H groups in total. The molecule has 92 valence electrons. The number of hydrogen-bond acceptors (Lipinski definition) is 5. The SMILES string of the molecule is N#Cc1ccc(NCCCCc2nccs2)nc1. The van der Waals surface area contributed by atoms with Gasteiger partial charge in [-0.15, -0.1) is 11.3 Å². The zero-order chi connectivity index (χ0) is 12.6. The summed E-state index contributed by atoms with van der Waals surface area (Å²) in [4.78, 5) is 8.40. The predicted molar refractivity (Wildman–Crippen MR) is 72.5 cm³/mol. The van der Waals surface area contributed by atoms with Crippen LogP contribution in [0, 0.1) is 11.3 Å². The number of anilines is 1. The molecular formula is C13H14N4S. The van der Waals surface area contributed by atoms with Gasteiger partial charge in [0, 0.05) is 24.3 Å². The highest BCUT2D eigenvalue weighted by molar-refractivity contribution is 7.09. The lowest BCUT2D eigenvalue weighted by Crippen LogP contribution is -2.03. The lowest BCUT2D eigenvalue weighted by Gasteiger charge is -2.04. The van der Waals surface area contributed by atoms with Gasteiger partial charge in [0.2, 0.25) is 0 Å². The molecule has 0 aromatic carbocycles. The van der Waals surface area contributed by atoms with Gasteiger partial charge >= 0.3 is 0 Å². The van der Waals surface area contributed by atoms with Crippen molar-refractivity contribution >= 4 is 17.2 Å². The molecule has 0 saturated carbocycles. The molecule has 0 amide bonds. The highest BCUT2D eigenvalue weighted by Gasteiger charge is 1.97. The maximum Gasteiger partial charge on any atom is 0.125 e. The fourth-order valence-corrected chi connectivity index (χ4v) is 2.22. The molecule has 2 heterocycles. The van der Waals surface area contributed by atoms with Gasteiger partial charge in [0.25, 0.3) is 0 Å². The predicted octanol–water partition coefficient (Wildman–Crippen LogP) is 2.84. The quantitative estimate of drug-likeness (QED) is 0.809. The van der Waals surface area contributed by atoms with Crippen molar-refractivity contribution in [3.8, 4) is 6.07 Å². The van der Waals surface area contributed by atoms with Crippen LogP contribution in [0.25, 0.3) is 0 Å². The van der Waals surface area contributed by atoms with Crippen molar-refractivity contribution in [3.63, 3.8) is 0 Å². The van der Waals surface area contributed by atoms with Gasteiger partial charge in [-0.25, -0.2) is 9.97 Å². The average Bonchev–Trinajstić information content (AvgIpc) is 2.92. The Morgan fingerprint density at radius 1 is 1.28 bits per heavy atom. The van der Waals surface area contributed by atoms with Crippen molar-refractivity contribution in [1.82, 2.24) is 9.97 Å². The Kier molecular flexibility index (Phi) is 4.68. The third kappa shape index (κ3) is 3.82. The monoisotopic (exact) mass is 258 g/mol. The van der Waals surface area contributed by atoms with Crippen LogP contribution in [0.1, 0.15) is 23.4 Å². The molecule has 0 aliphatic carbocycles. The molecule has 0 fully saturated rings. The van der Waals surface area contributed by atoms with E-state index in [1.807, 2.05) is 17.6 Å². The van der Waals surface area contributed by atoms with E-state index in [1.54, 1.807) is 23.6 Å². The zero-order valence-electron chi connectivity index (χ0n) is 9.97. The molecule has 0 bridgehead atoms. The summed E-state index contributed by atoms with van der Waals surface area (Å²) in [7, 11) is 0. The molecule has 5 heteroatoms. The van der Waals surface area contributed by atoms with E-state index < -0.39 is 0 Å². The van der Waals surface area contributed by atoms with Gasteiger partial charge in [0.15, 0.2) is 0 Å². The first-order chi connectivity index (χ1) is 8.88. The fourth-order valence-electron chi connectivity index (χ4n) is 1.56. The van der Waals surface area contributed by atoms with E-state index in [9.17, 15) is 0 Å². The maximum absolute atomic E-state index is 8.65. The van der Waals surface area contributed by atoms with Crippen LogP contribution in [0.5, 0.6) is 0 Å². The first-order valence-electron chi connectivity index (χ1n) is 5.87. The van der Waals surface area contributed by atoms with Crippen molar-refractivity contribution in [2.45, 2.75) is 19.3 Å². The van der Waals surface area contributed by atoms with Crippen LogP contribution in [0.15, 0.2) is 29.9 Å². The molecule has 0 atom stereocenters. The van der Waals surface area contributed by atoms with E-state index >= 15 is 0 Å². The summed E-state index contributed by atoms with van der Waals surface area (Å²) in [5, 5.41) is 15.1. The highest BCUT2D eigenvalue weighted by atomic mass is 32.1. The van der Waals surface area contributed by atoms with Gasteiger partial charge in [0.1, 0.15) is 11.9 Å². The second-order valence-electron chi connectivity index (χ2n) is 3.85. The van der Waals surface area contributed by atoms with Crippen molar-refractivity contribution in [2.75, 3.05) is 11.9 Å². The molecule has 0 aliphatic heterocycles. The summed E-state index contributed by atoms with van der Waals surface area (Å²) in [5.41, 5.74) is 0.587. The zero-order valence-corrected chi connectivity index (χ0v) is 10.8. The van der Waals surface area contributed by atoms with Gasteiger partial charge in [0.05, 0.1) is 10.6 Å². The maximum atomic E-state index is 8.65. The van der Waals surface area contributed by atoms with Gasteiger partial charge in [-0.3, -0.25) is 0 Å². The number of aryl methyl sites for hydroxylation is 1. The molecule has 0 aliphatic rings. The molecule has 4 nitrogen and oxygen atoms in total. The Labute approximate surface area is 110 Å². The Hall–Kier alpha value is -1.93. The van der Waals surface area contributed by atoms with Crippen molar-refractivity contribution in [2.24, 2.45) is 0 Å². The van der Waals surface area contributed by atoms with E-state index in [1.165, 1.54) is 5.01 Å². The van der Waals surface area contributed by atoms with E-state index in [0.717, 1.165) is 31.6 Å². The average molecular weight is 258 g/mol. The normalized spacial score (nSPS) is 9.94. The van der Waals surface area contributed by atoms with Gasteiger partial charge in [-0.05, 0) is 31.4 Å². The summed E-state index contributed by atoms with van der Waals surface area (Å²) in [6.45, 7) is 0.893. The summed E-state index contributed by atoms with van der Waals surface area (Å²) in [6, 6.07) is 5.65. The minimum Gasteiger partial charge on any atom is -0.370 e. The topological polar surface area (TPSA) is 61.6 Å². The van der Waals surface area contributed by atoms with Gasteiger partial charge in [-0.1, -0.05) is 0 Å². The minimum atomic E-state index is 0.587. The lowest BCUT2D eigenvalue weighted by atomic mass is 10.2. The number of rotatable bonds is 6. The van der Waals surface area contributed by atoms with Crippen molar-refractivity contribution in [3.05, 3.63) is 40.5 Å². The Morgan fingerprint density at radius 3 is 2.89 bits per heavy atom. The third-order valence-corrected chi connectivity index (χ3v) is 3.34. The molecule has 0 radical (unpaired) electrons. The number of nitriles is 1. The van der Waals surface area contributed by atoms with Crippen LogP contribution in [0.2, 0.25) is 0 Å². The summed E-state index contributed by atoms with van der Waals surface area (Å²) < 4.78 is 0. The summed E-state index contributed by atoms with van der Waals surface area (Å²) in [5.74, 6) is 0.822. The molecule has 18 heavy (non-hydrogen) atoms. The number of unbranched alkanes of at least 4 members (excludes halogenated alkanes) is 1. The Bertz CT molecular complexity index is 499. The van der Waals surface area contributed by atoms with Crippen LogP contribution < -0.4 is 5.32 Å². The summed E-state index contributed by atoms with van der Waals surface area (Å²) >= 11 is 1.71. The molecule has 2 rings (SSSR count). The van der Waals surface area contributed by atoms with Crippen LogP contribution in [0.3, 0.4) is 0 Å². The van der Waals surface area contributed by atoms with Crippen molar-refractivity contribution < 1.29 is 0 Å². The number of aromatic nitrogens is 2. The fraction of sp³-hybridized carbons (Fsp3) is 0.308. The molecular weight excluding hydrogens is 244 g/mol. The van der Waals surface area contributed by atoms with Crippen LogP contribution in [-0.4, -0.2) is 16.5 Å². The first kappa shape index (κ1) is 12.5. The molecule has 2 aromatic heterocycles. The van der Waals surface area contributed by atoms with Gasteiger partial charge < -0.3 is 5.32 Å². The van der Waals surface area contributed by atoms with Gasteiger partial charge in [-0.2, -0.15) is 5.26 Å². The smallest absolute Gasteiger partial charge is 0.125 e. The second kappa shape index (κ2) is 6.72. The Balaban J connectivity index is 1.64. The molecule has 2 aromatic rings. The van der Waals surface area contributed by atoms with E-state index in [-0.39, 0.29) is 0 Å². The van der Waals surface area contributed by atoms with Crippen molar-refractivity contribution in [1.29, 1.82) is 5.26 Å². The number of thiazole rings is 1. The lowest BCUT2D eigenvalue weighted by molar-refractivity contribution is 0.758. The molecule has 0 spiro atoms.